The number of aryl methyl sites for hydroxylation is 3. The number of sulfonamides is 1. The standard InChI is InChI=1S/C32H41N3O5S/c1-22-10-17-28(18-11-22)41(38,39)35(29-19-23(2)9-12-24(29)3)21-30(36)34(25(4)31(37)33-32(5,6)7)20-26-13-15-27(40-8)16-14-26/h9-19,25H,20-21H2,1-8H3,(H,33,37)/t25-/m1/s1. The Hall–Kier alpha value is -3.85. The molecule has 0 spiro atoms. The number of anilines is 1. The normalized spacial score (nSPS) is 12.4. The van der Waals surface area contributed by atoms with Crippen LogP contribution in [0.4, 0.5) is 5.69 Å². The molecule has 0 aliphatic carbocycles. The van der Waals surface area contributed by atoms with Gasteiger partial charge in [-0.05, 0) is 95.5 Å². The van der Waals surface area contributed by atoms with Gasteiger partial charge in [-0.25, -0.2) is 8.42 Å². The summed E-state index contributed by atoms with van der Waals surface area (Å²) in [4.78, 5) is 28.9. The summed E-state index contributed by atoms with van der Waals surface area (Å²) < 4.78 is 34.5. The van der Waals surface area contributed by atoms with Gasteiger partial charge in [-0.15, -0.1) is 0 Å². The molecule has 0 saturated heterocycles. The zero-order valence-corrected chi connectivity index (χ0v) is 26.0. The molecule has 0 fully saturated rings. The highest BCUT2D eigenvalue weighted by Gasteiger charge is 2.34. The molecule has 0 aromatic heterocycles. The maximum atomic E-state index is 14.1. The summed E-state index contributed by atoms with van der Waals surface area (Å²) in [5.41, 5.74) is 3.15. The fourth-order valence-corrected chi connectivity index (χ4v) is 5.79. The van der Waals surface area contributed by atoms with Crippen molar-refractivity contribution in [1.29, 1.82) is 0 Å². The Labute approximate surface area is 244 Å². The van der Waals surface area contributed by atoms with Gasteiger partial charge in [0.05, 0.1) is 17.7 Å². The molecule has 9 heteroatoms. The van der Waals surface area contributed by atoms with E-state index < -0.39 is 34.1 Å². The molecule has 2 amide bonds. The first-order valence-corrected chi connectivity index (χ1v) is 15.0. The molecule has 0 saturated carbocycles. The molecular weight excluding hydrogens is 538 g/mol. The number of nitrogens with one attached hydrogen (secondary N) is 1. The van der Waals surface area contributed by atoms with Crippen LogP contribution in [0.5, 0.6) is 5.75 Å². The zero-order chi connectivity index (χ0) is 30.5. The third kappa shape index (κ3) is 8.10. The van der Waals surface area contributed by atoms with E-state index in [1.54, 1.807) is 56.5 Å². The summed E-state index contributed by atoms with van der Waals surface area (Å²) in [6.45, 7) is 12.4. The van der Waals surface area contributed by atoms with Gasteiger partial charge >= 0.3 is 0 Å². The van der Waals surface area contributed by atoms with Crippen LogP contribution in [0, 0.1) is 20.8 Å². The van der Waals surface area contributed by atoms with Gasteiger partial charge in [0.15, 0.2) is 0 Å². The maximum Gasteiger partial charge on any atom is 0.264 e. The van der Waals surface area contributed by atoms with Crippen LogP contribution in [0.3, 0.4) is 0 Å². The van der Waals surface area contributed by atoms with Crippen molar-refractivity contribution in [3.8, 4) is 5.75 Å². The van der Waals surface area contributed by atoms with E-state index in [1.807, 2.05) is 65.8 Å². The number of amides is 2. The number of hydrogen-bond donors (Lipinski definition) is 1. The largest absolute Gasteiger partial charge is 0.497 e. The van der Waals surface area contributed by atoms with Crippen molar-refractivity contribution in [1.82, 2.24) is 10.2 Å². The summed E-state index contributed by atoms with van der Waals surface area (Å²) in [7, 11) is -2.56. The average molecular weight is 580 g/mol. The Bertz CT molecular complexity index is 1480. The molecule has 0 aliphatic rings. The zero-order valence-electron chi connectivity index (χ0n) is 25.2. The third-order valence-electron chi connectivity index (χ3n) is 6.70. The fourth-order valence-electron chi connectivity index (χ4n) is 4.32. The maximum absolute atomic E-state index is 14.1. The summed E-state index contributed by atoms with van der Waals surface area (Å²) in [6, 6.07) is 18.4. The van der Waals surface area contributed by atoms with Gasteiger partial charge in [0.2, 0.25) is 11.8 Å². The Morgan fingerprint density at radius 2 is 1.49 bits per heavy atom. The Morgan fingerprint density at radius 3 is 2.05 bits per heavy atom. The van der Waals surface area contributed by atoms with Crippen LogP contribution in [0.2, 0.25) is 0 Å². The number of ether oxygens (including phenoxy) is 1. The van der Waals surface area contributed by atoms with Crippen molar-refractivity contribution in [2.45, 2.75) is 71.5 Å². The lowest BCUT2D eigenvalue weighted by Crippen LogP contribution is -2.54. The quantitative estimate of drug-likeness (QED) is 0.359. The van der Waals surface area contributed by atoms with Gasteiger partial charge in [-0.1, -0.05) is 42.0 Å². The van der Waals surface area contributed by atoms with Gasteiger partial charge in [0, 0.05) is 12.1 Å². The smallest absolute Gasteiger partial charge is 0.264 e. The highest BCUT2D eigenvalue weighted by atomic mass is 32.2. The van der Waals surface area contributed by atoms with Crippen molar-refractivity contribution in [2.75, 3.05) is 18.0 Å². The van der Waals surface area contributed by atoms with Gasteiger partial charge in [-0.3, -0.25) is 13.9 Å². The van der Waals surface area contributed by atoms with Crippen LogP contribution < -0.4 is 14.4 Å². The number of nitrogens with zero attached hydrogens (tertiary/aromatic N) is 2. The minimum absolute atomic E-state index is 0.0806. The highest BCUT2D eigenvalue weighted by molar-refractivity contribution is 7.92. The summed E-state index contributed by atoms with van der Waals surface area (Å²) in [5.74, 6) is -0.177. The van der Waals surface area contributed by atoms with Crippen molar-refractivity contribution in [3.05, 3.63) is 89.0 Å². The molecule has 3 aromatic carbocycles. The molecule has 3 aromatic rings. The lowest BCUT2D eigenvalue weighted by atomic mass is 10.1. The SMILES string of the molecule is COc1ccc(CN(C(=O)CN(c2cc(C)ccc2C)S(=O)(=O)c2ccc(C)cc2)[C@H](C)C(=O)NC(C)(C)C)cc1. The van der Waals surface area contributed by atoms with Crippen LogP contribution >= 0.6 is 0 Å². The van der Waals surface area contributed by atoms with Gasteiger partial charge in [0.25, 0.3) is 10.0 Å². The molecule has 0 radical (unpaired) electrons. The van der Waals surface area contributed by atoms with E-state index >= 15 is 0 Å². The lowest BCUT2D eigenvalue weighted by Gasteiger charge is -2.34. The van der Waals surface area contributed by atoms with Crippen molar-refractivity contribution < 1.29 is 22.7 Å². The molecule has 1 atom stereocenters. The number of rotatable bonds is 10. The first-order valence-electron chi connectivity index (χ1n) is 13.5. The van der Waals surface area contributed by atoms with Gasteiger partial charge in [0.1, 0.15) is 18.3 Å². The topological polar surface area (TPSA) is 96.0 Å². The molecule has 41 heavy (non-hydrogen) atoms. The molecular formula is C32H41N3O5S. The fraction of sp³-hybridized carbons (Fsp3) is 0.375. The van der Waals surface area contributed by atoms with Gasteiger partial charge in [-0.2, -0.15) is 0 Å². The Balaban J connectivity index is 2.07. The van der Waals surface area contributed by atoms with E-state index in [0.29, 0.717) is 17.0 Å². The molecule has 0 heterocycles. The van der Waals surface area contributed by atoms with Crippen molar-refractivity contribution >= 4 is 27.5 Å². The minimum Gasteiger partial charge on any atom is -0.497 e. The Kier molecular flexibility index (Phi) is 9.86. The van der Waals surface area contributed by atoms with Gasteiger partial charge < -0.3 is 15.0 Å². The van der Waals surface area contributed by atoms with E-state index in [9.17, 15) is 18.0 Å². The average Bonchev–Trinajstić information content (AvgIpc) is 2.91. The summed E-state index contributed by atoms with van der Waals surface area (Å²) >= 11 is 0. The first-order chi connectivity index (χ1) is 19.1. The predicted octanol–water partition coefficient (Wildman–Crippen LogP) is 5.15. The molecule has 3 rings (SSSR count). The molecule has 0 bridgehead atoms. The first kappa shape index (κ1) is 31.7. The van der Waals surface area contributed by atoms with E-state index in [1.165, 1.54) is 4.90 Å². The second-order valence-electron chi connectivity index (χ2n) is 11.4. The number of methoxy groups -OCH3 is 1. The van der Waals surface area contributed by atoms with Crippen LogP contribution in [0.25, 0.3) is 0 Å². The van der Waals surface area contributed by atoms with Crippen LogP contribution in [-0.2, 0) is 26.2 Å². The Morgan fingerprint density at radius 1 is 0.902 bits per heavy atom. The summed E-state index contributed by atoms with van der Waals surface area (Å²) in [5, 5.41) is 2.94. The second-order valence-corrected chi connectivity index (χ2v) is 13.3. The second kappa shape index (κ2) is 12.8. The lowest BCUT2D eigenvalue weighted by molar-refractivity contribution is -0.140. The van der Waals surface area contributed by atoms with E-state index in [-0.39, 0.29) is 17.3 Å². The van der Waals surface area contributed by atoms with Crippen LogP contribution in [-0.4, -0.2) is 50.4 Å². The van der Waals surface area contributed by atoms with E-state index in [4.69, 9.17) is 4.74 Å². The molecule has 0 unspecified atom stereocenters. The van der Waals surface area contributed by atoms with Crippen LogP contribution in [0.1, 0.15) is 49.9 Å². The number of carbonyl (C=O) groups excluding carboxylic acids is 2. The monoisotopic (exact) mass is 579 g/mol. The predicted molar refractivity (Wildman–Crippen MR) is 163 cm³/mol. The van der Waals surface area contributed by atoms with E-state index in [0.717, 1.165) is 21.0 Å². The molecule has 0 aliphatic heterocycles. The molecule has 8 nitrogen and oxygen atoms in total. The van der Waals surface area contributed by atoms with Crippen molar-refractivity contribution in [3.63, 3.8) is 0 Å². The van der Waals surface area contributed by atoms with Crippen LogP contribution in [0.15, 0.2) is 71.6 Å². The third-order valence-corrected chi connectivity index (χ3v) is 8.47. The number of hydrogen-bond acceptors (Lipinski definition) is 5. The van der Waals surface area contributed by atoms with Crippen molar-refractivity contribution in [2.24, 2.45) is 0 Å². The number of benzene rings is 3. The van der Waals surface area contributed by atoms with E-state index in [2.05, 4.69) is 5.32 Å². The minimum atomic E-state index is -4.13. The highest BCUT2D eigenvalue weighted by Crippen LogP contribution is 2.29. The number of carbonyl (C=O) groups is 2. The summed E-state index contributed by atoms with van der Waals surface area (Å²) in [6.07, 6.45) is 0. The molecule has 1 N–H and O–H groups in total. The molecule has 220 valence electrons.